The molecule has 8 nitrogen and oxygen atoms in total. The van der Waals surface area contributed by atoms with Crippen LogP contribution in [0.1, 0.15) is 24.2 Å². The van der Waals surface area contributed by atoms with Gasteiger partial charge in [-0.05, 0) is 42.5 Å². The minimum atomic E-state index is -0.345. The minimum absolute atomic E-state index is 0.268. The number of ether oxygens (including phenoxy) is 1. The third kappa shape index (κ3) is 5.79. The number of nitrogens with one attached hydrogen (secondary N) is 3. The lowest BCUT2D eigenvalue weighted by Crippen LogP contribution is -2.36. The van der Waals surface area contributed by atoms with Crippen LogP contribution in [0.15, 0.2) is 42.5 Å². The zero-order valence-electron chi connectivity index (χ0n) is 16.5. The second-order valence-corrected chi connectivity index (χ2v) is 6.76. The summed E-state index contributed by atoms with van der Waals surface area (Å²) in [6.07, 6.45) is 0. The number of carbonyl (C=O) groups is 3. The standard InChI is InChI=1S/C21H24N4O4/c1-14(26)22-18-11-16(12-19(13-18)23-15(2)27)21(28)24-17-3-5-20(6-4-17)25-7-9-29-10-8-25/h3-6,11-13H,7-10H2,1-2H3,(H,22,26)(H,23,27)(H,24,28). The van der Waals surface area contributed by atoms with Crippen LogP contribution in [-0.4, -0.2) is 44.0 Å². The Kier molecular flexibility index (Phi) is 6.46. The highest BCUT2D eigenvalue weighted by molar-refractivity contribution is 6.06. The molecule has 1 aliphatic rings. The van der Waals surface area contributed by atoms with E-state index in [1.807, 2.05) is 24.3 Å². The molecule has 0 aromatic heterocycles. The molecule has 3 N–H and O–H groups in total. The van der Waals surface area contributed by atoms with Gasteiger partial charge >= 0.3 is 0 Å². The van der Waals surface area contributed by atoms with Gasteiger partial charge in [-0.3, -0.25) is 14.4 Å². The molecule has 1 fully saturated rings. The van der Waals surface area contributed by atoms with E-state index in [2.05, 4.69) is 20.9 Å². The number of carbonyl (C=O) groups excluding carboxylic acids is 3. The summed E-state index contributed by atoms with van der Waals surface area (Å²) in [4.78, 5) is 37.7. The molecule has 0 atom stereocenters. The van der Waals surface area contributed by atoms with Crippen LogP contribution in [0.5, 0.6) is 0 Å². The van der Waals surface area contributed by atoms with Gasteiger partial charge in [-0.1, -0.05) is 0 Å². The normalized spacial score (nSPS) is 13.5. The Bertz CT molecular complexity index is 871. The Hall–Kier alpha value is -3.39. The van der Waals surface area contributed by atoms with E-state index in [0.717, 1.165) is 18.8 Å². The Balaban J connectivity index is 1.74. The van der Waals surface area contributed by atoms with Gasteiger partial charge in [0.1, 0.15) is 0 Å². The molecule has 0 radical (unpaired) electrons. The van der Waals surface area contributed by atoms with Gasteiger partial charge in [-0.15, -0.1) is 0 Å². The number of hydrogen-bond donors (Lipinski definition) is 3. The molecule has 3 rings (SSSR count). The van der Waals surface area contributed by atoms with E-state index in [4.69, 9.17) is 4.74 Å². The number of nitrogens with zero attached hydrogens (tertiary/aromatic N) is 1. The summed E-state index contributed by atoms with van der Waals surface area (Å²) in [7, 11) is 0. The first-order valence-corrected chi connectivity index (χ1v) is 9.35. The van der Waals surface area contributed by atoms with Crippen molar-refractivity contribution < 1.29 is 19.1 Å². The maximum absolute atomic E-state index is 12.7. The van der Waals surface area contributed by atoms with Crippen molar-refractivity contribution in [2.24, 2.45) is 0 Å². The zero-order chi connectivity index (χ0) is 20.8. The highest BCUT2D eigenvalue weighted by atomic mass is 16.5. The van der Waals surface area contributed by atoms with Gasteiger partial charge in [0.25, 0.3) is 5.91 Å². The molecule has 2 aromatic carbocycles. The van der Waals surface area contributed by atoms with Crippen molar-refractivity contribution in [3.05, 3.63) is 48.0 Å². The Morgan fingerprint density at radius 2 is 1.34 bits per heavy atom. The molecule has 2 aromatic rings. The number of amides is 3. The van der Waals surface area contributed by atoms with Gasteiger partial charge < -0.3 is 25.6 Å². The van der Waals surface area contributed by atoms with Crippen molar-refractivity contribution in [1.29, 1.82) is 0 Å². The van der Waals surface area contributed by atoms with Gasteiger partial charge in [0.2, 0.25) is 11.8 Å². The molecule has 0 aliphatic carbocycles. The number of benzene rings is 2. The minimum Gasteiger partial charge on any atom is -0.378 e. The largest absolute Gasteiger partial charge is 0.378 e. The molecule has 1 saturated heterocycles. The molecule has 1 heterocycles. The topological polar surface area (TPSA) is 99.8 Å². The van der Waals surface area contributed by atoms with Crippen LogP contribution in [0.25, 0.3) is 0 Å². The van der Waals surface area contributed by atoms with Crippen molar-refractivity contribution in [3.63, 3.8) is 0 Å². The fourth-order valence-electron chi connectivity index (χ4n) is 3.09. The third-order valence-corrected chi connectivity index (χ3v) is 4.34. The zero-order valence-corrected chi connectivity index (χ0v) is 16.5. The average Bonchev–Trinajstić information content (AvgIpc) is 2.68. The summed E-state index contributed by atoms with van der Waals surface area (Å²) in [5.74, 6) is -0.881. The molecular formula is C21H24N4O4. The van der Waals surface area contributed by atoms with E-state index in [1.54, 1.807) is 18.2 Å². The fourth-order valence-corrected chi connectivity index (χ4v) is 3.09. The SMILES string of the molecule is CC(=O)Nc1cc(NC(C)=O)cc(C(=O)Nc2ccc(N3CCOCC3)cc2)c1. The number of hydrogen-bond acceptors (Lipinski definition) is 5. The Labute approximate surface area is 169 Å². The predicted molar refractivity (Wildman–Crippen MR) is 112 cm³/mol. The van der Waals surface area contributed by atoms with Gasteiger partial charge in [-0.25, -0.2) is 0 Å². The summed E-state index contributed by atoms with van der Waals surface area (Å²) in [5.41, 5.74) is 2.90. The number of rotatable bonds is 5. The summed E-state index contributed by atoms with van der Waals surface area (Å²) >= 11 is 0. The molecule has 8 heteroatoms. The van der Waals surface area contributed by atoms with Crippen LogP contribution in [0.4, 0.5) is 22.7 Å². The third-order valence-electron chi connectivity index (χ3n) is 4.34. The van der Waals surface area contributed by atoms with Crippen LogP contribution in [0, 0.1) is 0 Å². The van der Waals surface area contributed by atoms with Gasteiger partial charge in [0.05, 0.1) is 13.2 Å². The molecular weight excluding hydrogens is 372 g/mol. The van der Waals surface area contributed by atoms with Crippen molar-refractivity contribution >= 4 is 40.5 Å². The lowest BCUT2D eigenvalue weighted by molar-refractivity contribution is -0.115. The van der Waals surface area contributed by atoms with E-state index in [-0.39, 0.29) is 17.7 Å². The molecule has 0 saturated carbocycles. The lowest BCUT2D eigenvalue weighted by atomic mass is 10.1. The highest BCUT2D eigenvalue weighted by Gasteiger charge is 2.13. The lowest BCUT2D eigenvalue weighted by Gasteiger charge is -2.28. The quantitative estimate of drug-likeness (QED) is 0.722. The summed E-state index contributed by atoms with van der Waals surface area (Å²) in [5, 5.41) is 8.11. The first kappa shape index (κ1) is 20.3. The second kappa shape index (κ2) is 9.20. The molecule has 1 aliphatic heterocycles. The highest BCUT2D eigenvalue weighted by Crippen LogP contribution is 2.22. The molecule has 3 amide bonds. The number of anilines is 4. The monoisotopic (exact) mass is 396 g/mol. The number of morpholine rings is 1. The summed E-state index contributed by atoms with van der Waals surface area (Å²) < 4.78 is 5.36. The summed E-state index contributed by atoms with van der Waals surface area (Å²) in [6, 6.07) is 12.3. The fraction of sp³-hybridized carbons (Fsp3) is 0.286. The molecule has 0 spiro atoms. The maximum Gasteiger partial charge on any atom is 0.255 e. The van der Waals surface area contributed by atoms with E-state index in [1.165, 1.54) is 13.8 Å². The van der Waals surface area contributed by atoms with Crippen LogP contribution in [-0.2, 0) is 14.3 Å². The Morgan fingerprint density at radius 1 is 0.793 bits per heavy atom. The van der Waals surface area contributed by atoms with E-state index < -0.39 is 0 Å². The van der Waals surface area contributed by atoms with E-state index >= 15 is 0 Å². The van der Waals surface area contributed by atoms with Crippen LogP contribution >= 0.6 is 0 Å². The van der Waals surface area contributed by atoms with Crippen molar-refractivity contribution in [3.8, 4) is 0 Å². The van der Waals surface area contributed by atoms with Gasteiger partial charge in [0.15, 0.2) is 0 Å². The van der Waals surface area contributed by atoms with Crippen molar-refractivity contribution in [2.75, 3.05) is 47.2 Å². The van der Waals surface area contributed by atoms with E-state index in [9.17, 15) is 14.4 Å². The molecule has 29 heavy (non-hydrogen) atoms. The first-order valence-electron chi connectivity index (χ1n) is 9.35. The smallest absolute Gasteiger partial charge is 0.255 e. The predicted octanol–water partition coefficient (Wildman–Crippen LogP) is 2.69. The Morgan fingerprint density at radius 3 is 1.86 bits per heavy atom. The molecule has 0 unspecified atom stereocenters. The summed E-state index contributed by atoms with van der Waals surface area (Å²) in [6.45, 7) is 5.85. The van der Waals surface area contributed by atoms with Crippen molar-refractivity contribution in [2.45, 2.75) is 13.8 Å². The average molecular weight is 396 g/mol. The van der Waals surface area contributed by atoms with Crippen LogP contribution in [0.3, 0.4) is 0 Å². The van der Waals surface area contributed by atoms with Gasteiger partial charge in [-0.2, -0.15) is 0 Å². The van der Waals surface area contributed by atoms with Crippen LogP contribution in [0.2, 0.25) is 0 Å². The maximum atomic E-state index is 12.7. The van der Waals surface area contributed by atoms with Gasteiger partial charge in [0, 0.05) is 55.2 Å². The molecule has 0 bridgehead atoms. The van der Waals surface area contributed by atoms with Crippen LogP contribution < -0.4 is 20.9 Å². The molecule has 152 valence electrons. The first-order chi connectivity index (χ1) is 13.9. The second-order valence-electron chi connectivity index (χ2n) is 6.76. The van der Waals surface area contributed by atoms with Crippen molar-refractivity contribution in [1.82, 2.24) is 0 Å². The van der Waals surface area contributed by atoms with E-state index in [0.29, 0.717) is 35.8 Å².